The van der Waals surface area contributed by atoms with Gasteiger partial charge in [-0.25, -0.2) is 13.4 Å². The SMILES string of the molecule is CN(C(=O)CO)c1ccc(-c2ccc3nc(C(C(=O)NCC(=O)NC4CC4)S(C)(=O)=O)sc3c2)cc1. The number of nitrogens with zero attached hydrogens (tertiary/aromatic N) is 2. The van der Waals surface area contributed by atoms with E-state index in [1.54, 1.807) is 25.2 Å². The minimum atomic E-state index is -3.85. The fourth-order valence-corrected chi connectivity index (χ4v) is 6.17. The predicted octanol–water partition coefficient (Wildman–Crippen LogP) is 1.40. The molecule has 0 saturated heterocycles. The maximum Gasteiger partial charge on any atom is 0.252 e. The number of aromatic nitrogens is 1. The number of likely N-dealkylation sites (N-methyl/N-ethyl adjacent to an activating group) is 1. The lowest BCUT2D eigenvalue weighted by atomic mass is 10.1. The van der Waals surface area contributed by atoms with E-state index in [1.165, 1.54) is 4.90 Å². The van der Waals surface area contributed by atoms with Crippen LogP contribution in [-0.2, 0) is 24.2 Å². The third-order valence-electron chi connectivity index (χ3n) is 5.76. The number of benzene rings is 2. The molecule has 3 aromatic rings. The van der Waals surface area contributed by atoms with Gasteiger partial charge in [-0.1, -0.05) is 18.2 Å². The fourth-order valence-electron chi connectivity index (χ4n) is 3.62. The van der Waals surface area contributed by atoms with Gasteiger partial charge in [0.15, 0.2) is 15.1 Å². The molecule has 4 rings (SSSR count). The highest BCUT2D eigenvalue weighted by Gasteiger charge is 2.34. The molecule has 1 heterocycles. The van der Waals surface area contributed by atoms with Crippen molar-refractivity contribution in [3.8, 4) is 11.1 Å². The normalized spacial score (nSPS) is 14.3. The molecule has 3 N–H and O–H groups in total. The minimum absolute atomic E-state index is 0.129. The molecule has 1 unspecified atom stereocenters. The van der Waals surface area contributed by atoms with Crippen molar-refractivity contribution in [3.05, 3.63) is 47.5 Å². The van der Waals surface area contributed by atoms with E-state index in [9.17, 15) is 22.8 Å². The Labute approximate surface area is 212 Å². The molecule has 1 aromatic heterocycles. The Morgan fingerprint density at radius 2 is 1.81 bits per heavy atom. The summed E-state index contributed by atoms with van der Waals surface area (Å²) in [5.74, 6) is -1.57. The highest BCUT2D eigenvalue weighted by molar-refractivity contribution is 7.91. The second-order valence-electron chi connectivity index (χ2n) is 8.66. The predicted molar refractivity (Wildman–Crippen MR) is 137 cm³/mol. The summed E-state index contributed by atoms with van der Waals surface area (Å²) in [6, 6.07) is 12.8. The van der Waals surface area contributed by atoms with Crippen LogP contribution in [0.3, 0.4) is 0 Å². The first-order valence-electron chi connectivity index (χ1n) is 11.2. The molecule has 0 aliphatic heterocycles. The number of fused-ring (bicyclic) bond motifs is 1. The van der Waals surface area contributed by atoms with E-state index >= 15 is 0 Å². The largest absolute Gasteiger partial charge is 0.387 e. The first kappa shape index (κ1) is 25.7. The number of anilines is 1. The van der Waals surface area contributed by atoms with E-state index in [0.717, 1.165) is 41.6 Å². The number of nitrogens with one attached hydrogen (secondary N) is 2. The number of hydrogen-bond donors (Lipinski definition) is 3. The van der Waals surface area contributed by atoms with Crippen LogP contribution in [0.25, 0.3) is 21.3 Å². The van der Waals surface area contributed by atoms with E-state index in [1.807, 2.05) is 24.3 Å². The number of aliphatic hydroxyl groups excluding tert-OH is 1. The number of amides is 3. The Morgan fingerprint density at radius 1 is 1.14 bits per heavy atom. The molecule has 1 saturated carbocycles. The van der Waals surface area contributed by atoms with Crippen LogP contribution < -0.4 is 15.5 Å². The first-order chi connectivity index (χ1) is 17.1. The Kier molecular flexibility index (Phi) is 7.38. The first-order valence-corrected chi connectivity index (χ1v) is 14.0. The molecule has 36 heavy (non-hydrogen) atoms. The van der Waals surface area contributed by atoms with Crippen LogP contribution in [-0.4, -0.2) is 68.7 Å². The number of sulfone groups is 1. The molecular formula is C24H26N4O6S2. The molecule has 10 nitrogen and oxygen atoms in total. The van der Waals surface area contributed by atoms with Gasteiger partial charge < -0.3 is 20.6 Å². The van der Waals surface area contributed by atoms with Crippen LogP contribution in [0.15, 0.2) is 42.5 Å². The molecule has 3 amide bonds. The average molecular weight is 531 g/mol. The molecule has 190 valence electrons. The summed E-state index contributed by atoms with van der Waals surface area (Å²) in [5.41, 5.74) is 2.89. The van der Waals surface area contributed by atoms with Crippen molar-refractivity contribution < 1.29 is 27.9 Å². The smallest absolute Gasteiger partial charge is 0.252 e. The van der Waals surface area contributed by atoms with Gasteiger partial charge in [0.25, 0.3) is 5.91 Å². The van der Waals surface area contributed by atoms with Crippen molar-refractivity contribution in [2.24, 2.45) is 0 Å². The number of carbonyl (C=O) groups is 3. The number of carbonyl (C=O) groups excluding carboxylic acids is 3. The molecule has 1 atom stereocenters. The quantitative estimate of drug-likeness (QED) is 0.379. The lowest BCUT2D eigenvalue weighted by Crippen LogP contribution is -2.41. The van der Waals surface area contributed by atoms with E-state index < -0.39 is 33.5 Å². The third kappa shape index (κ3) is 5.89. The van der Waals surface area contributed by atoms with Gasteiger partial charge in [-0.2, -0.15) is 0 Å². The Morgan fingerprint density at radius 3 is 2.42 bits per heavy atom. The monoisotopic (exact) mass is 530 g/mol. The maximum absolute atomic E-state index is 12.8. The van der Waals surface area contributed by atoms with Gasteiger partial charge in [-0.15, -0.1) is 11.3 Å². The molecule has 0 radical (unpaired) electrons. The molecule has 1 aliphatic rings. The zero-order chi connectivity index (χ0) is 26.0. The van der Waals surface area contributed by atoms with E-state index in [2.05, 4.69) is 15.6 Å². The third-order valence-corrected chi connectivity index (χ3v) is 8.28. The van der Waals surface area contributed by atoms with Crippen LogP contribution in [0.5, 0.6) is 0 Å². The summed E-state index contributed by atoms with van der Waals surface area (Å²) >= 11 is 1.11. The van der Waals surface area contributed by atoms with Crippen molar-refractivity contribution in [2.75, 3.05) is 31.4 Å². The number of rotatable bonds is 9. The Balaban J connectivity index is 1.55. The lowest BCUT2D eigenvalue weighted by Gasteiger charge is -2.16. The van der Waals surface area contributed by atoms with Gasteiger partial charge >= 0.3 is 0 Å². The zero-order valence-corrected chi connectivity index (χ0v) is 21.4. The number of aliphatic hydroxyl groups is 1. The Bertz CT molecular complexity index is 1410. The summed E-state index contributed by atoms with van der Waals surface area (Å²) in [6.07, 6.45) is 2.78. The second kappa shape index (κ2) is 10.3. The summed E-state index contributed by atoms with van der Waals surface area (Å²) in [7, 11) is -2.28. The van der Waals surface area contributed by atoms with Crippen LogP contribution in [0.1, 0.15) is 23.1 Å². The number of thiazole rings is 1. The van der Waals surface area contributed by atoms with Crippen molar-refractivity contribution >= 4 is 54.8 Å². The average Bonchev–Trinajstić information content (AvgIpc) is 3.56. The molecule has 1 fully saturated rings. The van der Waals surface area contributed by atoms with Gasteiger partial charge in [-0.3, -0.25) is 14.4 Å². The fraction of sp³-hybridized carbons (Fsp3) is 0.333. The van der Waals surface area contributed by atoms with Crippen molar-refractivity contribution in [3.63, 3.8) is 0 Å². The highest BCUT2D eigenvalue weighted by Crippen LogP contribution is 2.34. The zero-order valence-electron chi connectivity index (χ0n) is 19.7. The molecule has 0 bridgehead atoms. The van der Waals surface area contributed by atoms with Crippen LogP contribution in [0, 0.1) is 0 Å². The van der Waals surface area contributed by atoms with Crippen LogP contribution in [0.2, 0.25) is 0 Å². The number of hydrogen-bond acceptors (Lipinski definition) is 8. The van der Waals surface area contributed by atoms with Crippen molar-refractivity contribution in [1.82, 2.24) is 15.6 Å². The van der Waals surface area contributed by atoms with Crippen molar-refractivity contribution in [1.29, 1.82) is 0 Å². The maximum atomic E-state index is 12.8. The topological polar surface area (TPSA) is 146 Å². The highest BCUT2D eigenvalue weighted by atomic mass is 32.2. The second-order valence-corrected chi connectivity index (χ2v) is 11.9. The van der Waals surface area contributed by atoms with Crippen LogP contribution >= 0.6 is 11.3 Å². The van der Waals surface area contributed by atoms with Crippen LogP contribution in [0.4, 0.5) is 5.69 Å². The summed E-state index contributed by atoms with van der Waals surface area (Å²) in [6.45, 7) is -0.881. The lowest BCUT2D eigenvalue weighted by molar-refractivity contribution is -0.126. The van der Waals surface area contributed by atoms with Gasteiger partial charge in [-0.05, 0) is 48.2 Å². The van der Waals surface area contributed by atoms with E-state index in [0.29, 0.717) is 15.9 Å². The summed E-state index contributed by atoms with van der Waals surface area (Å²) in [4.78, 5) is 42.1. The van der Waals surface area contributed by atoms with Crippen molar-refractivity contribution in [2.45, 2.75) is 24.1 Å². The van der Waals surface area contributed by atoms with Gasteiger partial charge in [0.2, 0.25) is 11.8 Å². The van der Waals surface area contributed by atoms with E-state index in [4.69, 9.17) is 5.11 Å². The standard InChI is InChI=1S/C24H26N4O6S2/c1-28(21(31)13-29)17-8-3-14(4-9-17)15-5-10-18-19(11-15)35-24(27-18)22(36(2,33)34)23(32)25-12-20(30)26-16-6-7-16/h3-5,8-11,16,22,29H,6-7,12-13H2,1-2H3,(H,25,32)(H,26,30). The summed E-state index contributed by atoms with van der Waals surface area (Å²) in [5, 5.41) is 12.8. The van der Waals surface area contributed by atoms with E-state index in [-0.39, 0.29) is 23.5 Å². The minimum Gasteiger partial charge on any atom is -0.387 e. The van der Waals surface area contributed by atoms with Gasteiger partial charge in [0.1, 0.15) is 11.6 Å². The molecule has 1 aliphatic carbocycles. The van der Waals surface area contributed by atoms with Gasteiger partial charge in [0.05, 0.1) is 16.8 Å². The molecule has 12 heteroatoms. The molecule has 0 spiro atoms. The summed E-state index contributed by atoms with van der Waals surface area (Å²) < 4.78 is 25.7. The Hall–Kier alpha value is -3.35. The van der Waals surface area contributed by atoms with Gasteiger partial charge in [0, 0.05) is 25.0 Å². The molecule has 2 aromatic carbocycles. The molecular weight excluding hydrogens is 504 g/mol.